The standard InChI is InChI=1S/C33H58NO4/c1-3-5-6-7-8-9-10-11-12-13-14-15-16-17-19-25-33(24-4-2)37-30-31(38-33)29-36-32(35)23-22-28-34-26-20-18-21-27-34/h18,20-21,26-27,31H,3-17,19,22-25,28-30H2,1-2H3/q+1. The normalized spacial score (nSPS) is 19.2. The molecule has 0 bridgehead atoms. The van der Waals surface area contributed by atoms with Crippen LogP contribution >= 0.6 is 0 Å². The van der Waals surface area contributed by atoms with Gasteiger partial charge >= 0.3 is 5.97 Å². The maximum Gasteiger partial charge on any atom is 0.306 e. The highest BCUT2D eigenvalue weighted by Gasteiger charge is 2.40. The Kier molecular flexibility index (Phi) is 18.4. The Labute approximate surface area is 234 Å². The number of hydrogen-bond acceptors (Lipinski definition) is 4. The Morgan fingerprint density at radius 3 is 1.92 bits per heavy atom. The number of esters is 1. The second kappa shape index (κ2) is 21.4. The molecule has 1 aliphatic heterocycles. The molecule has 2 heterocycles. The fourth-order valence-corrected chi connectivity index (χ4v) is 5.48. The molecule has 2 rings (SSSR count). The van der Waals surface area contributed by atoms with E-state index in [0.717, 1.165) is 38.6 Å². The minimum atomic E-state index is -0.480. The number of nitrogens with zero attached hydrogens (tertiary/aromatic N) is 1. The van der Waals surface area contributed by atoms with Gasteiger partial charge in [0.1, 0.15) is 19.3 Å². The topological polar surface area (TPSA) is 48.6 Å². The molecule has 5 nitrogen and oxygen atoms in total. The number of rotatable bonds is 24. The van der Waals surface area contributed by atoms with Crippen LogP contribution in [0.1, 0.15) is 142 Å². The lowest BCUT2D eigenvalue weighted by molar-refractivity contribution is -0.697. The summed E-state index contributed by atoms with van der Waals surface area (Å²) in [7, 11) is 0. The van der Waals surface area contributed by atoms with E-state index in [1.165, 1.54) is 89.9 Å². The monoisotopic (exact) mass is 532 g/mol. The summed E-state index contributed by atoms with van der Waals surface area (Å²) in [5.41, 5.74) is 0. The molecular weight excluding hydrogens is 474 g/mol. The van der Waals surface area contributed by atoms with Gasteiger partial charge in [0, 0.05) is 31.4 Å². The average Bonchev–Trinajstić information content (AvgIpc) is 3.33. The van der Waals surface area contributed by atoms with Gasteiger partial charge in [0.15, 0.2) is 18.2 Å². The van der Waals surface area contributed by atoms with Crippen molar-refractivity contribution in [2.45, 2.75) is 161 Å². The smallest absolute Gasteiger partial charge is 0.306 e. The predicted octanol–water partition coefficient (Wildman–Crippen LogP) is 8.47. The van der Waals surface area contributed by atoms with Crippen LogP contribution in [0.2, 0.25) is 0 Å². The van der Waals surface area contributed by atoms with Crippen molar-refractivity contribution in [1.82, 2.24) is 0 Å². The van der Waals surface area contributed by atoms with Gasteiger partial charge in [-0.3, -0.25) is 4.79 Å². The van der Waals surface area contributed by atoms with E-state index >= 15 is 0 Å². The lowest BCUT2D eigenvalue weighted by atomic mass is 10.0. The molecule has 0 saturated carbocycles. The molecule has 2 atom stereocenters. The van der Waals surface area contributed by atoms with Gasteiger partial charge in [-0.2, -0.15) is 0 Å². The maximum absolute atomic E-state index is 12.2. The van der Waals surface area contributed by atoms with E-state index in [2.05, 4.69) is 18.4 Å². The molecule has 0 aromatic carbocycles. The van der Waals surface area contributed by atoms with Crippen LogP contribution in [0.4, 0.5) is 0 Å². The Balaban J connectivity index is 1.46. The first-order valence-electron chi connectivity index (χ1n) is 16.1. The van der Waals surface area contributed by atoms with E-state index in [1.807, 2.05) is 30.6 Å². The summed E-state index contributed by atoms with van der Waals surface area (Å²) in [6.45, 7) is 6.10. The zero-order valence-electron chi connectivity index (χ0n) is 24.8. The number of pyridine rings is 1. The predicted molar refractivity (Wildman–Crippen MR) is 155 cm³/mol. The van der Waals surface area contributed by atoms with Crippen LogP contribution in [-0.2, 0) is 25.5 Å². The number of aryl methyl sites for hydroxylation is 1. The van der Waals surface area contributed by atoms with Gasteiger partial charge in [-0.25, -0.2) is 4.57 Å². The molecule has 1 aromatic heterocycles. The highest BCUT2D eigenvalue weighted by Crippen LogP contribution is 2.34. The SMILES string of the molecule is CCCCCCCCCCCCCCCCCC1(CCC)OCC(COC(=O)CCC[n+]2ccccc2)O1. The lowest BCUT2D eigenvalue weighted by Crippen LogP contribution is -2.33. The summed E-state index contributed by atoms with van der Waals surface area (Å²) in [5, 5.41) is 0. The maximum atomic E-state index is 12.2. The van der Waals surface area contributed by atoms with Crippen LogP contribution in [0.5, 0.6) is 0 Å². The van der Waals surface area contributed by atoms with E-state index in [1.54, 1.807) is 0 Å². The first-order valence-corrected chi connectivity index (χ1v) is 16.1. The van der Waals surface area contributed by atoms with Crippen LogP contribution in [0.15, 0.2) is 30.6 Å². The molecule has 2 unspecified atom stereocenters. The third-order valence-corrected chi connectivity index (χ3v) is 7.71. The minimum Gasteiger partial charge on any atom is -0.463 e. The summed E-state index contributed by atoms with van der Waals surface area (Å²) < 4.78 is 20.1. The molecule has 1 aromatic rings. The first kappa shape index (κ1) is 32.8. The number of hydrogen-bond donors (Lipinski definition) is 0. The van der Waals surface area contributed by atoms with E-state index in [-0.39, 0.29) is 12.1 Å². The van der Waals surface area contributed by atoms with Crippen molar-refractivity contribution in [3.05, 3.63) is 30.6 Å². The second-order valence-corrected chi connectivity index (χ2v) is 11.3. The first-order chi connectivity index (χ1) is 18.7. The lowest BCUT2D eigenvalue weighted by Gasteiger charge is -2.28. The van der Waals surface area contributed by atoms with Crippen LogP contribution in [0.3, 0.4) is 0 Å². The van der Waals surface area contributed by atoms with Gasteiger partial charge in [0.2, 0.25) is 0 Å². The van der Waals surface area contributed by atoms with Gasteiger partial charge in [-0.1, -0.05) is 116 Å². The van der Waals surface area contributed by atoms with Crippen LogP contribution in [0, 0.1) is 0 Å². The van der Waals surface area contributed by atoms with Gasteiger partial charge < -0.3 is 14.2 Å². The van der Waals surface area contributed by atoms with Crippen molar-refractivity contribution in [1.29, 1.82) is 0 Å². The zero-order chi connectivity index (χ0) is 27.2. The Morgan fingerprint density at radius 2 is 1.34 bits per heavy atom. The summed E-state index contributed by atoms with van der Waals surface area (Å²) in [6, 6.07) is 5.99. The second-order valence-electron chi connectivity index (χ2n) is 11.3. The average molecular weight is 533 g/mol. The van der Waals surface area contributed by atoms with Crippen molar-refractivity contribution in [2.75, 3.05) is 13.2 Å². The quantitative estimate of drug-likeness (QED) is 0.0761. The van der Waals surface area contributed by atoms with Gasteiger partial charge in [0.05, 0.1) is 13.0 Å². The van der Waals surface area contributed by atoms with Crippen LogP contribution in [-0.4, -0.2) is 31.1 Å². The number of ether oxygens (including phenoxy) is 3. The number of carbonyl (C=O) groups is 1. The molecule has 1 aliphatic rings. The molecule has 0 N–H and O–H groups in total. The third kappa shape index (κ3) is 15.2. The summed E-state index contributed by atoms with van der Waals surface area (Å²) in [5.74, 6) is -0.632. The molecule has 0 radical (unpaired) electrons. The highest BCUT2D eigenvalue weighted by atomic mass is 16.8. The molecular formula is C33H58NO4+. The molecule has 5 heteroatoms. The fraction of sp³-hybridized carbons (Fsp3) is 0.818. The van der Waals surface area contributed by atoms with E-state index in [0.29, 0.717) is 19.6 Å². The van der Waals surface area contributed by atoms with Gasteiger partial charge in [0.25, 0.3) is 0 Å². The van der Waals surface area contributed by atoms with Crippen LogP contribution < -0.4 is 4.57 Å². The molecule has 0 spiro atoms. The summed E-state index contributed by atoms with van der Waals surface area (Å²) in [4.78, 5) is 12.2. The minimum absolute atomic E-state index is 0.148. The Bertz CT molecular complexity index is 697. The van der Waals surface area contributed by atoms with Crippen molar-refractivity contribution < 1.29 is 23.6 Å². The Hall–Kier alpha value is -1.46. The third-order valence-electron chi connectivity index (χ3n) is 7.71. The molecule has 0 aliphatic carbocycles. The van der Waals surface area contributed by atoms with E-state index in [4.69, 9.17) is 14.2 Å². The Morgan fingerprint density at radius 1 is 0.763 bits per heavy atom. The molecule has 1 saturated heterocycles. The molecule has 1 fully saturated rings. The summed E-state index contributed by atoms with van der Waals surface area (Å²) in [6.07, 6.45) is 28.5. The van der Waals surface area contributed by atoms with E-state index < -0.39 is 5.79 Å². The largest absolute Gasteiger partial charge is 0.463 e. The van der Waals surface area contributed by atoms with Crippen molar-refractivity contribution in [3.63, 3.8) is 0 Å². The fourth-order valence-electron chi connectivity index (χ4n) is 5.48. The molecule has 218 valence electrons. The number of unbranched alkanes of at least 4 members (excludes halogenated alkanes) is 14. The number of carbonyl (C=O) groups excluding carboxylic acids is 1. The van der Waals surface area contributed by atoms with Gasteiger partial charge in [-0.05, 0) is 6.42 Å². The van der Waals surface area contributed by atoms with E-state index in [9.17, 15) is 4.79 Å². The highest BCUT2D eigenvalue weighted by molar-refractivity contribution is 5.69. The zero-order valence-corrected chi connectivity index (χ0v) is 24.8. The molecule has 38 heavy (non-hydrogen) atoms. The van der Waals surface area contributed by atoms with Crippen molar-refractivity contribution in [2.24, 2.45) is 0 Å². The summed E-state index contributed by atoms with van der Waals surface area (Å²) >= 11 is 0. The number of aromatic nitrogens is 1. The van der Waals surface area contributed by atoms with Crippen molar-refractivity contribution >= 4 is 5.97 Å². The van der Waals surface area contributed by atoms with Gasteiger partial charge in [-0.15, -0.1) is 0 Å². The van der Waals surface area contributed by atoms with Crippen LogP contribution in [0.25, 0.3) is 0 Å². The van der Waals surface area contributed by atoms with Crippen molar-refractivity contribution in [3.8, 4) is 0 Å². The molecule has 0 amide bonds.